The number of benzene rings is 1. The van der Waals surface area contributed by atoms with Crippen LogP contribution < -0.4 is 5.73 Å². The highest BCUT2D eigenvalue weighted by Gasteiger charge is 2.35. The molecule has 0 saturated carbocycles. The zero-order valence-electron chi connectivity index (χ0n) is 15.3. The number of hydrogen-bond donors (Lipinski definition) is 1. The molecule has 0 spiro atoms. The number of rotatable bonds is 3. The van der Waals surface area contributed by atoms with Gasteiger partial charge in [0.1, 0.15) is 0 Å². The molecule has 2 heterocycles. The topological polar surface area (TPSA) is 96.6 Å². The molecule has 0 aliphatic carbocycles. The van der Waals surface area contributed by atoms with Gasteiger partial charge in [-0.3, -0.25) is 9.78 Å². The van der Waals surface area contributed by atoms with E-state index >= 15 is 0 Å². The third kappa shape index (κ3) is 3.67. The van der Waals surface area contributed by atoms with Crippen molar-refractivity contribution in [1.82, 2.24) is 14.2 Å². The number of fused-ring (bicyclic) bond motifs is 1. The Morgan fingerprint density at radius 1 is 1.33 bits per heavy atom. The number of sulfonamides is 1. The quantitative estimate of drug-likeness (QED) is 0.847. The molecule has 1 saturated heterocycles. The average molecular weight is 394 g/mol. The van der Waals surface area contributed by atoms with Crippen LogP contribution in [0.3, 0.4) is 0 Å². The number of hydrogen-bond acceptors (Lipinski definition) is 5. The van der Waals surface area contributed by atoms with Crippen LogP contribution in [0.4, 0.5) is 4.39 Å². The molecule has 9 heteroatoms. The van der Waals surface area contributed by atoms with Crippen LogP contribution in [0.15, 0.2) is 35.5 Å². The lowest BCUT2D eigenvalue weighted by molar-refractivity contribution is -0.132. The Balaban J connectivity index is 2.00. The predicted molar refractivity (Wildman–Crippen MR) is 99.9 cm³/mol. The molecule has 0 unspecified atom stereocenters. The van der Waals surface area contributed by atoms with E-state index in [2.05, 4.69) is 4.98 Å². The number of nitrogens with two attached hydrogens (primary N) is 1. The third-order valence-corrected chi connectivity index (χ3v) is 6.83. The molecule has 7 nitrogen and oxygen atoms in total. The van der Waals surface area contributed by atoms with Crippen molar-refractivity contribution in [2.45, 2.75) is 37.2 Å². The minimum absolute atomic E-state index is 0.0347. The van der Waals surface area contributed by atoms with Gasteiger partial charge in [0.05, 0.1) is 17.1 Å². The standard InChI is InChI=1S/C18H23FN4O3S/c1-12-11-22(18(24)13(2)20)7-4-8-23(12)27(25,26)16-6-3-5-14-9-21-10-15(19)17(14)16/h3,5-6,9-10,12-13H,4,7-8,11,20H2,1-2H3/t12-,13+/m0/s1. The van der Waals surface area contributed by atoms with Crippen LogP contribution in [-0.2, 0) is 14.8 Å². The Morgan fingerprint density at radius 3 is 2.78 bits per heavy atom. The van der Waals surface area contributed by atoms with Crippen molar-refractivity contribution < 1.29 is 17.6 Å². The molecule has 1 aromatic carbocycles. The molecule has 1 aromatic heterocycles. The zero-order valence-corrected chi connectivity index (χ0v) is 16.1. The van der Waals surface area contributed by atoms with Crippen molar-refractivity contribution >= 4 is 26.7 Å². The van der Waals surface area contributed by atoms with E-state index in [4.69, 9.17) is 5.73 Å². The molecule has 27 heavy (non-hydrogen) atoms. The summed E-state index contributed by atoms with van der Waals surface area (Å²) in [7, 11) is -3.96. The Hall–Kier alpha value is -2.10. The lowest BCUT2D eigenvalue weighted by Gasteiger charge is -2.29. The predicted octanol–water partition coefficient (Wildman–Crippen LogP) is 1.33. The second kappa shape index (κ2) is 7.49. The maximum atomic E-state index is 14.4. The number of nitrogens with zero attached hydrogens (tertiary/aromatic N) is 3. The Labute approximate surface area is 158 Å². The summed E-state index contributed by atoms with van der Waals surface area (Å²) in [5.74, 6) is -0.883. The van der Waals surface area contributed by atoms with Crippen LogP contribution in [0.1, 0.15) is 20.3 Å². The van der Waals surface area contributed by atoms with Crippen LogP contribution in [0.2, 0.25) is 0 Å². The van der Waals surface area contributed by atoms with Gasteiger partial charge < -0.3 is 10.6 Å². The number of halogens is 1. The third-order valence-electron chi connectivity index (χ3n) is 4.77. The lowest BCUT2D eigenvalue weighted by atomic mass is 10.2. The summed E-state index contributed by atoms with van der Waals surface area (Å²) in [6.45, 7) is 4.28. The highest BCUT2D eigenvalue weighted by atomic mass is 32.2. The molecule has 1 amide bonds. The first-order chi connectivity index (χ1) is 12.7. The highest BCUT2D eigenvalue weighted by molar-refractivity contribution is 7.89. The minimum Gasteiger partial charge on any atom is -0.340 e. The number of aromatic nitrogens is 1. The van der Waals surface area contributed by atoms with Gasteiger partial charge in [-0.1, -0.05) is 12.1 Å². The van der Waals surface area contributed by atoms with E-state index in [1.165, 1.54) is 16.6 Å². The summed E-state index contributed by atoms with van der Waals surface area (Å²) in [6.07, 6.45) is 2.93. The molecule has 2 atom stereocenters. The second-order valence-corrected chi connectivity index (χ2v) is 8.73. The zero-order chi connectivity index (χ0) is 19.8. The second-order valence-electron chi connectivity index (χ2n) is 6.87. The molecule has 0 bridgehead atoms. The van der Waals surface area contributed by atoms with E-state index in [0.29, 0.717) is 18.4 Å². The van der Waals surface area contributed by atoms with Crippen molar-refractivity contribution in [3.05, 3.63) is 36.4 Å². The van der Waals surface area contributed by atoms with Crippen molar-refractivity contribution in [2.24, 2.45) is 5.73 Å². The maximum absolute atomic E-state index is 14.4. The van der Waals surface area contributed by atoms with Gasteiger partial charge in [-0.2, -0.15) is 4.31 Å². The molecular formula is C18H23FN4O3S. The monoisotopic (exact) mass is 394 g/mol. The molecular weight excluding hydrogens is 371 g/mol. The lowest BCUT2D eigenvalue weighted by Crippen LogP contribution is -2.47. The number of pyridine rings is 1. The van der Waals surface area contributed by atoms with Gasteiger partial charge >= 0.3 is 0 Å². The van der Waals surface area contributed by atoms with E-state index in [-0.39, 0.29) is 29.3 Å². The van der Waals surface area contributed by atoms with Crippen molar-refractivity contribution in [1.29, 1.82) is 0 Å². The SMILES string of the molecule is C[C@@H](N)C(=O)N1CCCN(S(=O)(=O)c2cccc3cncc(F)c23)[C@@H](C)C1. The molecule has 1 fully saturated rings. The summed E-state index contributed by atoms with van der Waals surface area (Å²) >= 11 is 0. The minimum atomic E-state index is -3.96. The van der Waals surface area contributed by atoms with Crippen molar-refractivity contribution in [2.75, 3.05) is 19.6 Å². The van der Waals surface area contributed by atoms with Crippen molar-refractivity contribution in [3.8, 4) is 0 Å². The molecule has 3 rings (SSSR count). The Morgan fingerprint density at radius 2 is 2.07 bits per heavy atom. The number of carbonyl (C=O) groups excluding carboxylic acids is 1. The molecule has 1 aliphatic rings. The summed E-state index contributed by atoms with van der Waals surface area (Å²) in [5.41, 5.74) is 5.68. The summed E-state index contributed by atoms with van der Waals surface area (Å²) in [6, 6.07) is 3.51. The fraction of sp³-hybridized carbons (Fsp3) is 0.444. The van der Waals surface area contributed by atoms with Gasteiger partial charge in [-0.15, -0.1) is 0 Å². The summed E-state index contributed by atoms with van der Waals surface area (Å²) in [5, 5.41) is 0.458. The van der Waals surface area contributed by atoms with E-state index in [1.807, 2.05) is 0 Å². The first-order valence-corrected chi connectivity index (χ1v) is 10.3. The van der Waals surface area contributed by atoms with E-state index in [9.17, 15) is 17.6 Å². The van der Waals surface area contributed by atoms with E-state index in [1.54, 1.807) is 30.9 Å². The Bertz CT molecular complexity index is 959. The van der Waals surface area contributed by atoms with Crippen LogP contribution >= 0.6 is 0 Å². The van der Waals surface area contributed by atoms with E-state index in [0.717, 1.165) is 6.20 Å². The summed E-state index contributed by atoms with van der Waals surface area (Å²) < 4.78 is 42.4. The molecule has 2 N–H and O–H groups in total. The number of amides is 1. The normalized spacial score (nSPS) is 20.4. The Kier molecular flexibility index (Phi) is 5.45. The largest absolute Gasteiger partial charge is 0.340 e. The van der Waals surface area contributed by atoms with Crippen molar-refractivity contribution in [3.63, 3.8) is 0 Å². The molecule has 0 radical (unpaired) electrons. The van der Waals surface area contributed by atoms with Gasteiger partial charge in [0.15, 0.2) is 5.82 Å². The molecule has 2 aromatic rings. The van der Waals surface area contributed by atoms with Gasteiger partial charge in [0.2, 0.25) is 15.9 Å². The van der Waals surface area contributed by atoms with Crippen LogP contribution in [0.5, 0.6) is 0 Å². The van der Waals surface area contributed by atoms with Crippen LogP contribution in [0, 0.1) is 5.82 Å². The first-order valence-electron chi connectivity index (χ1n) is 8.82. The van der Waals surface area contributed by atoms with Crippen LogP contribution in [0.25, 0.3) is 10.8 Å². The first kappa shape index (κ1) is 19.7. The van der Waals surface area contributed by atoms with Crippen LogP contribution in [-0.4, -0.2) is 60.2 Å². The van der Waals surface area contributed by atoms with Gasteiger partial charge in [-0.25, -0.2) is 12.8 Å². The fourth-order valence-electron chi connectivity index (χ4n) is 3.48. The average Bonchev–Trinajstić information content (AvgIpc) is 2.82. The summed E-state index contributed by atoms with van der Waals surface area (Å²) in [4.78, 5) is 17.5. The fourth-order valence-corrected chi connectivity index (χ4v) is 5.37. The van der Waals surface area contributed by atoms with Gasteiger partial charge in [0, 0.05) is 42.6 Å². The smallest absolute Gasteiger partial charge is 0.244 e. The molecule has 146 valence electrons. The van der Waals surface area contributed by atoms with E-state index < -0.39 is 27.9 Å². The molecule has 1 aliphatic heterocycles. The number of carbonyl (C=O) groups is 1. The van der Waals surface area contributed by atoms with Gasteiger partial charge in [0.25, 0.3) is 0 Å². The highest BCUT2D eigenvalue weighted by Crippen LogP contribution is 2.29. The maximum Gasteiger partial charge on any atom is 0.244 e. The van der Waals surface area contributed by atoms with Gasteiger partial charge in [-0.05, 0) is 26.3 Å².